The lowest BCUT2D eigenvalue weighted by atomic mass is 10.0. The van der Waals surface area contributed by atoms with E-state index >= 15 is 0 Å². The lowest BCUT2D eigenvalue weighted by Crippen LogP contribution is -2.42. The Labute approximate surface area is 123 Å². The molecule has 1 aromatic rings. The zero-order chi connectivity index (χ0) is 14.2. The van der Waals surface area contributed by atoms with E-state index in [-0.39, 0.29) is 0 Å². The molecular formula is C17H28N2O. The van der Waals surface area contributed by atoms with Crippen molar-refractivity contribution in [3.05, 3.63) is 35.9 Å². The van der Waals surface area contributed by atoms with Crippen LogP contribution < -0.4 is 5.32 Å². The normalized spacial score (nSPS) is 18.4. The molecule has 1 atom stereocenters. The molecule has 2 rings (SSSR count). The SMILES string of the molecule is CC(C)CCNC(CN1CCOCC1)c1ccccc1. The summed E-state index contributed by atoms with van der Waals surface area (Å²) in [6.45, 7) is 10.6. The maximum atomic E-state index is 5.44. The molecule has 0 aromatic heterocycles. The van der Waals surface area contributed by atoms with Crippen LogP contribution >= 0.6 is 0 Å². The minimum absolute atomic E-state index is 0.424. The van der Waals surface area contributed by atoms with E-state index < -0.39 is 0 Å². The summed E-state index contributed by atoms with van der Waals surface area (Å²) in [4.78, 5) is 2.50. The maximum absolute atomic E-state index is 5.44. The van der Waals surface area contributed by atoms with Gasteiger partial charge in [-0.3, -0.25) is 4.90 Å². The van der Waals surface area contributed by atoms with Crippen LogP contribution in [0.3, 0.4) is 0 Å². The van der Waals surface area contributed by atoms with Crippen LogP contribution in [0.25, 0.3) is 0 Å². The van der Waals surface area contributed by atoms with Crippen molar-refractivity contribution in [3.63, 3.8) is 0 Å². The van der Waals surface area contributed by atoms with Crippen molar-refractivity contribution in [2.75, 3.05) is 39.4 Å². The van der Waals surface area contributed by atoms with Gasteiger partial charge in [-0.1, -0.05) is 44.2 Å². The van der Waals surface area contributed by atoms with E-state index in [9.17, 15) is 0 Å². The fraction of sp³-hybridized carbons (Fsp3) is 0.647. The van der Waals surface area contributed by atoms with Crippen molar-refractivity contribution in [1.82, 2.24) is 10.2 Å². The molecule has 1 N–H and O–H groups in total. The van der Waals surface area contributed by atoms with Crippen LogP contribution in [-0.2, 0) is 4.74 Å². The van der Waals surface area contributed by atoms with Crippen LogP contribution in [0, 0.1) is 5.92 Å². The highest BCUT2D eigenvalue weighted by Crippen LogP contribution is 2.15. The average Bonchev–Trinajstić information content (AvgIpc) is 2.48. The minimum atomic E-state index is 0.424. The highest BCUT2D eigenvalue weighted by molar-refractivity contribution is 5.19. The van der Waals surface area contributed by atoms with Gasteiger partial charge >= 0.3 is 0 Å². The van der Waals surface area contributed by atoms with E-state index in [1.54, 1.807) is 0 Å². The smallest absolute Gasteiger partial charge is 0.0594 e. The van der Waals surface area contributed by atoms with Crippen LogP contribution in [0.4, 0.5) is 0 Å². The number of hydrogen-bond acceptors (Lipinski definition) is 3. The summed E-state index contributed by atoms with van der Waals surface area (Å²) >= 11 is 0. The number of benzene rings is 1. The van der Waals surface area contributed by atoms with Crippen LogP contribution in [-0.4, -0.2) is 44.3 Å². The second-order valence-corrected chi connectivity index (χ2v) is 6.01. The summed E-state index contributed by atoms with van der Waals surface area (Å²) in [7, 11) is 0. The standard InChI is InChI=1S/C17H28N2O/c1-15(2)8-9-18-17(16-6-4-3-5-7-16)14-19-10-12-20-13-11-19/h3-7,15,17-18H,8-14H2,1-2H3. The van der Waals surface area contributed by atoms with Gasteiger partial charge < -0.3 is 10.1 Å². The third-order valence-electron chi connectivity index (χ3n) is 3.86. The molecule has 1 aliphatic heterocycles. The fourth-order valence-corrected chi connectivity index (χ4v) is 2.56. The molecule has 3 heteroatoms. The number of nitrogens with zero attached hydrogens (tertiary/aromatic N) is 1. The molecular weight excluding hydrogens is 248 g/mol. The summed E-state index contributed by atoms with van der Waals surface area (Å²) in [6.07, 6.45) is 1.23. The van der Waals surface area contributed by atoms with E-state index in [1.807, 2.05) is 0 Å². The first kappa shape index (κ1) is 15.5. The topological polar surface area (TPSA) is 24.5 Å². The van der Waals surface area contributed by atoms with E-state index in [0.29, 0.717) is 6.04 Å². The average molecular weight is 276 g/mol. The number of hydrogen-bond donors (Lipinski definition) is 1. The molecule has 112 valence electrons. The first-order valence-corrected chi connectivity index (χ1v) is 7.84. The Morgan fingerprint density at radius 3 is 2.50 bits per heavy atom. The van der Waals surface area contributed by atoms with Gasteiger partial charge in [0.25, 0.3) is 0 Å². The van der Waals surface area contributed by atoms with Gasteiger partial charge in [-0.15, -0.1) is 0 Å². The van der Waals surface area contributed by atoms with Crippen molar-refractivity contribution >= 4 is 0 Å². The molecule has 3 nitrogen and oxygen atoms in total. The zero-order valence-electron chi connectivity index (χ0n) is 12.8. The molecule has 0 aliphatic carbocycles. The van der Waals surface area contributed by atoms with Gasteiger partial charge in [0, 0.05) is 25.7 Å². The zero-order valence-corrected chi connectivity index (χ0v) is 12.8. The second kappa shape index (κ2) is 8.40. The number of ether oxygens (including phenoxy) is 1. The molecule has 0 saturated carbocycles. The van der Waals surface area contributed by atoms with Crippen molar-refractivity contribution in [2.45, 2.75) is 26.3 Å². The lowest BCUT2D eigenvalue weighted by Gasteiger charge is -2.31. The molecule has 1 aromatic carbocycles. The van der Waals surface area contributed by atoms with E-state index in [1.165, 1.54) is 12.0 Å². The molecule has 1 heterocycles. The highest BCUT2D eigenvalue weighted by Gasteiger charge is 2.17. The van der Waals surface area contributed by atoms with Crippen LogP contribution in [0.1, 0.15) is 31.9 Å². The largest absolute Gasteiger partial charge is 0.379 e. The second-order valence-electron chi connectivity index (χ2n) is 6.01. The van der Waals surface area contributed by atoms with Gasteiger partial charge in [0.05, 0.1) is 13.2 Å². The Hall–Kier alpha value is -0.900. The fourth-order valence-electron chi connectivity index (χ4n) is 2.56. The van der Waals surface area contributed by atoms with Gasteiger partial charge in [0.2, 0.25) is 0 Å². The predicted molar refractivity (Wildman–Crippen MR) is 83.9 cm³/mol. The quantitative estimate of drug-likeness (QED) is 0.828. The Morgan fingerprint density at radius 2 is 1.85 bits per heavy atom. The molecule has 0 spiro atoms. The van der Waals surface area contributed by atoms with Gasteiger partial charge in [-0.05, 0) is 24.4 Å². The summed E-state index contributed by atoms with van der Waals surface area (Å²) in [5.74, 6) is 0.752. The third kappa shape index (κ3) is 5.23. The van der Waals surface area contributed by atoms with Gasteiger partial charge in [0.15, 0.2) is 0 Å². The molecule has 0 bridgehead atoms. The van der Waals surface area contributed by atoms with Crippen LogP contribution in [0.15, 0.2) is 30.3 Å². The van der Waals surface area contributed by atoms with Crippen molar-refractivity contribution < 1.29 is 4.74 Å². The molecule has 1 saturated heterocycles. The minimum Gasteiger partial charge on any atom is -0.379 e. The Morgan fingerprint density at radius 1 is 1.15 bits per heavy atom. The molecule has 1 unspecified atom stereocenters. The predicted octanol–water partition coefficient (Wildman–Crippen LogP) is 2.70. The van der Waals surface area contributed by atoms with Crippen LogP contribution in [0.2, 0.25) is 0 Å². The maximum Gasteiger partial charge on any atom is 0.0594 e. The number of nitrogens with one attached hydrogen (secondary N) is 1. The highest BCUT2D eigenvalue weighted by atomic mass is 16.5. The lowest BCUT2D eigenvalue weighted by molar-refractivity contribution is 0.0334. The van der Waals surface area contributed by atoms with Crippen LogP contribution in [0.5, 0.6) is 0 Å². The molecule has 1 aliphatic rings. The van der Waals surface area contributed by atoms with Gasteiger partial charge in [0.1, 0.15) is 0 Å². The molecule has 0 amide bonds. The Bertz CT molecular complexity index is 361. The van der Waals surface area contributed by atoms with E-state index in [4.69, 9.17) is 4.74 Å². The molecule has 0 radical (unpaired) electrons. The molecule has 1 fully saturated rings. The van der Waals surface area contributed by atoms with Crippen molar-refractivity contribution in [3.8, 4) is 0 Å². The first-order chi connectivity index (χ1) is 9.75. The summed E-state index contributed by atoms with van der Waals surface area (Å²) in [5.41, 5.74) is 1.39. The third-order valence-corrected chi connectivity index (χ3v) is 3.86. The van der Waals surface area contributed by atoms with Crippen molar-refractivity contribution in [1.29, 1.82) is 0 Å². The number of rotatable bonds is 7. The monoisotopic (exact) mass is 276 g/mol. The number of morpholine rings is 1. The van der Waals surface area contributed by atoms with Gasteiger partial charge in [-0.25, -0.2) is 0 Å². The summed E-state index contributed by atoms with van der Waals surface area (Å²) < 4.78 is 5.44. The van der Waals surface area contributed by atoms with Crippen molar-refractivity contribution in [2.24, 2.45) is 5.92 Å². The summed E-state index contributed by atoms with van der Waals surface area (Å²) in [6, 6.07) is 11.2. The Balaban J connectivity index is 1.92. The molecule has 20 heavy (non-hydrogen) atoms. The van der Waals surface area contributed by atoms with Gasteiger partial charge in [-0.2, -0.15) is 0 Å². The first-order valence-electron chi connectivity index (χ1n) is 7.84. The summed E-state index contributed by atoms with van der Waals surface area (Å²) in [5, 5.41) is 3.73. The Kier molecular flexibility index (Phi) is 6.51. The van der Waals surface area contributed by atoms with E-state index in [2.05, 4.69) is 54.4 Å². The van der Waals surface area contributed by atoms with E-state index in [0.717, 1.165) is 45.3 Å².